The maximum Gasteiger partial charge on any atom is 0.431 e. The van der Waals surface area contributed by atoms with E-state index in [9.17, 15) is 33.2 Å². The van der Waals surface area contributed by atoms with Crippen LogP contribution in [0.4, 0.5) is 18.9 Å². The molecule has 1 aliphatic heterocycles. The Labute approximate surface area is 150 Å². The van der Waals surface area contributed by atoms with E-state index in [2.05, 4.69) is 5.10 Å². The number of carbonyl (C=O) groups excluding carboxylic acids is 1. The lowest BCUT2D eigenvalue weighted by atomic mass is 9.96. The summed E-state index contributed by atoms with van der Waals surface area (Å²) in [5.41, 5.74) is -4.87. The molecule has 1 heterocycles. The van der Waals surface area contributed by atoms with Crippen molar-refractivity contribution in [1.82, 2.24) is 5.01 Å². The van der Waals surface area contributed by atoms with Gasteiger partial charge in [0.1, 0.15) is 11.3 Å². The highest BCUT2D eigenvalue weighted by atomic mass is 19.4. The molecule has 1 atom stereocenters. The number of hydrogen-bond donors (Lipinski definition) is 1. The number of hydrogen-bond acceptors (Lipinski definition) is 5. The Morgan fingerprint density at radius 3 is 2.33 bits per heavy atom. The molecular formula is C17H12F3N3O4. The van der Waals surface area contributed by atoms with Crippen LogP contribution >= 0.6 is 0 Å². The summed E-state index contributed by atoms with van der Waals surface area (Å²) >= 11 is 0. The molecule has 1 N–H and O–H groups in total. The molecule has 0 saturated carbocycles. The summed E-state index contributed by atoms with van der Waals surface area (Å²) in [6.07, 6.45) is -5.87. The van der Waals surface area contributed by atoms with Crippen LogP contribution in [0.5, 0.6) is 0 Å². The van der Waals surface area contributed by atoms with Crippen LogP contribution in [0.2, 0.25) is 0 Å². The number of nitro benzene ring substituents is 1. The number of amides is 1. The Morgan fingerprint density at radius 1 is 1.15 bits per heavy atom. The monoisotopic (exact) mass is 379 g/mol. The van der Waals surface area contributed by atoms with Crippen LogP contribution in [0.15, 0.2) is 59.7 Å². The minimum Gasteiger partial charge on any atom is -0.365 e. The van der Waals surface area contributed by atoms with Crippen molar-refractivity contribution in [2.45, 2.75) is 18.3 Å². The van der Waals surface area contributed by atoms with Crippen LogP contribution in [-0.2, 0) is 5.72 Å². The zero-order valence-electron chi connectivity index (χ0n) is 13.6. The molecule has 27 heavy (non-hydrogen) atoms. The second-order valence-corrected chi connectivity index (χ2v) is 5.80. The maximum absolute atomic E-state index is 13.2. The Bertz CT molecular complexity index is 931. The molecule has 10 heteroatoms. The van der Waals surface area contributed by atoms with Crippen molar-refractivity contribution in [1.29, 1.82) is 0 Å². The Balaban J connectivity index is 2.13. The average Bonchev–Trinajstić information content (AvgIpc) is 3.01. The van der Waals surface area contributed by atoms with Gasteiger partial charge in [0, 0.05) is 11.6 Å². The Kier molecular flexibility index (Phi) is 4.44. The lowest BCUT2D eigenvalue weighted by Gasteiger charge is -2.31. The summed E-state index contributed by atoms with van der Waals surface area (Å²) in [7, 11) is 0. The number of para-hydroxylation sites is 1. The van der Waals surface area contributed by atoms with Crippen molar-refractivity contribution in [3.63, 3.8) is 0 Å². The number of nitro groups is 1. The first-order valence-corrected chi connectivity index (χ1v) is 7.65. The predicted octanol–water partition coefficient (Wildman–Crippen LogP) is 3.20. The van der Waals surface area contributed by atoms with Crippen LogP contribution in [-0.4, -0.2) is 32.8 Å². The normalized spacial score (nSPS) is 19.7. The van der Waals surface area contributed by atoms with Gasteiger partial charge in [-0.05, 0) is 6.07 Å². The molecule has 0 spiro atoms. The van der Waals surface area contributed by atoms with Crippen LogP contribution in [0.1, 0.15) is 22.3 Å². The molecule has 0 radical (unpaired) electrons. The first-order chi connectivity index (χ1) is 12.6. The smallest absolute Gasteiger partial charge is 0.365 e. The summed E-state index contributed by atoms with van der Waals surface area (Å²) in [6.45, 7) is 0. The van der Waals surface area contributed by atoms with E-state index in [1.165, 1.54) is 36.4 Å². The molecule has 2 aromatic rings. The molecule has 3 rings (SSSR count). The molecule has 1 aliphatic rings. The molecule has 140 valence electrons. The van der Waals surface area contributed by atoms with Gasteiger partial charge in [-0.2, -0.15) is 23.3 Å². The summed E-state index contributed by atoms with van der Waals surface area (Å²) in [5, 5.41) is 25.6. The van der Waals surface area contributed by atoms with Crippen molar-refractivity contribution in [3.05, 3.63) is 75.8 Å². The molecule has 0 bridgehead atoms. The number of aliphatic hydroxyl groups is 1. The van der Waals surface area contributed by atoms with Crippen molar-refractivity contribution < 1.29 is 28.0 Å². The number of rotatable bonds is 3. The average molecular weight is 379 g/mol. The van der Waals surface area contributed by atoms with Gasteiger partial charge in [0.25, 0.3) is 11.6 Å². The zero-order valence-corrected chi connectivity index (χ0v) is 13.6. The van der Waals surface area contributed by atoms with E-state index in [0.29, 0.717) is 0 Å². The second-order valence-electron chi connectivity index (χ2n) is 5.80. The third kappa shape index (κ3) is 3.26. The highest BCUT2D eigenvalue weighted by Gasteiger charge is 2.53. The zero-order chi connectivity index (χ0) is 19.8. The molecule has 0 aromatic heterocycles. The van der Waals surface area contributed by atoms with E-state index in [4.69, 9.17) is 0 Å². The van der Waals surface area contributed by atoms with Gasteiger partial charge >= 0.3 is 6.18 Å². The molecule has 2 aromatic carbocycles. The van der Waals surface area contributed by atoms with Crippen LogP contribution in [0.3, 0.4) is 0 Å². The van der Waals surface area contributed by atoms with E-state index in [-0.39, 0.29) is 10.6 Å². The standard InChI is InChI=1S/C17H12F3N3O4/c18-17(19,20)14-10-16(25,11-6-2-1-3-7-11)22(21-14)15(24)12-8-4-5-9-13(12)23(26)27/h1-9,25H,10H2/t16-/m0/s1. The summed E-state index contributed by atoms with van der Waals surface area (Å²) in [6, 6.07) is 12.0. The fraction of sp³-hybridized carbons (Fsp3) is 0.176. The number of benzene rings is 2. The number of carbonyl (C=O) groups is 1. The van der Waals surface area contributed by atoms with E-state index < -0.39 is 46.1 Å². The molecule has 0 unspecified atom stereocenters. The minimum atomic E-state index is -4.87. The van der Waals surface area contributed by atoms with E-state index in [0.717, 1.165) is 12.1 Å². The molecule has 0 saturated heterocycles. The Morgan fingerprint density at radius 2 is 1.74 bits per heavy atom. The fourth-order valence-corrected chi connectivity index (χ4v) is 2.77. The number of nitrogens with zero attached hydrogens (tertiary/aromatic N) is 3. The Hall–Kier alpha value is -3.27. The van der Waals surface area contributed by atoms with Gasteiger partial charge in [0.2, 0.25) is 0 Å². The van der Waals surface area contributed by atoms with Gasteiger partial charge in [0.15, 0.2) is 5.72 Å². The lowest BCUT2D eigenvalue weighted by Crippen LogP contribution is -2.44. The highest BCUT2D eigenvalue weighted by molar-refractivity contribution is 6.02. The largest absolute Gasteiger partial charge is 0.431 e. The van der Waals surface area contributed by atoms with Gasteiger partial charge in [-0.25, -0.2) is 0 Å². The van der Waals surface area contributed by atoms with Gasteiger partial charge in [-0.15, -0.1) is 0 Å². The summed E-state index contributed by atoms with van der Waals surface area (Å²) in [5.74, 6) is -1.21. The fourth-order valence-electron chi connectivity index (χ4n) is 2.77. The van der Waals surface area contributed by atoms with Gasteiger partial charge in [-0.1, -0.05) is 42.5 Å². The first-order valence-electron chi connectivity index (χ1n) is 7.65. The SMILES string of the molecule is O=C(c1ccccc1[N+](=O)[O-])N1N=C(C(F)(F)F)C[C@]1(O)c1ccccc1. The summed E-state index contributed by atoms with van der Waals surface area (Å²) < 4.78 is 39.5. The summed E-state index contributed by atoms with van der Waals surface area (Å²) in [4.78, 5) is 23.1. The van der Waals surface area contributed by atoms with Gasteiger partial charge in [0.05, 0.1) is 11.3 Å². The number of hydrazone groups is 1. The van der Waals surface area contributed by atoms with Gasteiger partial charge < -0.3 is 5.11 Å². The van der Waals surface area contributed by atoms with E-state index in [1.54, 1.807) is 6.07 Å². The van der Waals surface area contributed by atoms with Crippen molar-refractivity contribution >= 4 is 17.3 Å². The highest BCUT2D eigenvalue weighted by Crippen LogP contribution is 2.40. The molecule has 0 fully saturated rings. The van der Waals surface area contributed by atoms with Crippen molar-refractivity contribution in [2.75, 3.05) is 0 Å². The molecular weight excluding hydrogens is 367 g/mol. The van der Waals surface area contributed by atoms with Crippen molar-refractivity contribution in [2.24, 2.45) is 5.10 Å². The predicted molar refractivity (Wildman–Crippen MR) is 87.7 cm³/mol. The second kappa shape index (κ2) is 6.47. The first kappa shape index (κ1) is 18.5. The number of halogens is 3. The number of alkyl halides is 3. The van der Waals surface area contributed by atoms with Crippen LogP contribution < -0.4 is 0 Å². The van der Waals surface area contributed by atoms with Gasteiger partial charge in [-0.3, -0.25) is 14.9 Å². The molecule has 7 nitrogen and oxygen atoms in total. The molecule has 0 aliphatic carbocycles. The lowest BCUT2D eigenvalue weighted by molar-refractivity contribution is -0.385. The third-order valence-corrected chi connectivity index (χ3v) is 4.07. The van der Waals surface area contributed by atoms with Crippen molar-refractivity contribution in [3.8, 4) is 0 Å². The quantitative estimate of drug-likeness (QED) is 0.654. The minimum absolute atomic E-state index is 0.0000609. The third-order valence-electron chi connectivity index (χ3n) is 4.07. The maximum atomic E-state index is 13.2. The van der Waals surface area contributed by atoms with E-state index in [1.807, 2.05) is 0 Å². The van der Waals surface area contributed by atoms with Crippen LogP contribution in [0, 0.1) is 10.1 Å². The molecule has 1 amide bonds. The van der Waals surface area contributed by atoms with Crippen LogP contribution in [0.25, 0.3) is 0 Å². The van der Waals surface area contributed by atoms with E-state index >= 15 is 0 Å². The topological polar surface area (TPSA) is 96.0 Å².